The van der Waals surface area contributed by atoms with Crippen LogP contribution >= 0.6 is 15.9 Å². The number of hydrogen-bond donors (Lipinski definition) is 1. The number of nitrogens with two attached hydrogens (primary N) is 1. The van der Waals surface area contributed by atoms with Crippen molar-refractivity contribution < 1.29 is 9.15 Å². The van der Waals surface area contributed by atoms with E-state index >= 15 is 0 Å². The lowest BCUT2D eigenvalue weighted by atomic mass is 10.1. The van der Waals surface area contributed by atoms with Crippen LogP contribution < -0.4 is 5.73 Å². The van der Waals surface area contributed by atoms with Crippen molar-refractivity contribution in [2.45, 2.75) is 12.5 Å². The first-order valence-electron chi connectivity index (χ1n) is 5.93. The fraction of sp³-hybridized carbons (Fsp3) is 0.667. The van der Waals surface area contributed by atoms with E-state index in [2.05, 4.69) is 20.8 Å². The first kappa shape index (κ1) is 13.1. The van der Waals surface area contributed by atoms with Crippen molar-refractivity contribution in [3.63, 3.8) is 0 Å². The second-order valence-electron chi connectivity index (χ2n) is 4.50. The van der Waals surface area contributed by atoms with Crippen LogP contribution in [0.25, 0.3) is 0 Å². The van der Waals surface area contributed by atoms with E-state index in [1.807, 2.05) is 12.1 Å². The van der Waals surface area contributed by atoms with Crippen LogP contribution in [-0.2, 0) is 4.74 Å². The number of rotatable bonds is 5. The van der Waals surface area contributed by atoms with Crippen LogP contribution in [0.4, 0.5) is 0 Å². The fourth-order valence-corrected chi connectivity index (χ4v) is 2.79. The molecule has 1 aliphatic heterocycles. The maximum absolute atomic E-state index is 5.87. The average molecular weight is 303 g/mol. The smallest absolute Gasteiger partial charge is 0.169 e. The lowest BCUT2D eigenvalue weighted by molar-refractivity contribution is 0.144. The Kier molecular flexibility index (Phi) is 4.62. The molecule has 5 heteroatoms. The summed E-state index contributed by atoms with van der Waals surface area (Å²) in [4.78, 5) is 2.38. The molecular weight excluding hydrogens is 284 g/mol. The van der Waals surface area contributed by atoms with Crippen molar-refractivity contribution in [2.24, 2.45) is 11.7 Å². The highest BCUT2D eigenvalue weighted by atomic mass is 79.9. The van der Waals surface area contributed by atoms with Crippen molar-refractivity contribution >= 4 is 15.9 Å². The molecule has 0 aromatic carbocycles. The molecule has 4 nitrogen and oxygen atoms in total. The van der Waals surface area contributed by atoms with E-state index in [0.29, 0.717) is 12.5 Å². The molecule has 96 valence electrons. The van der Waals surface area contributed by atoms with Crippen molar-refractivity contribution in [1.29, 1.82) is 0 Å². The summed E-state index contributed by atoms with van der Waals surface area (Å²) in [6.45, 7) is 3.51. The van der Waals surface area contributed by atoms with Gasteiger partial charge in [0.1, 0.15) is 5.76 Å². The number of ether oxygens (including phenoxy) is 1. The van der Waals surface area contributed by atoms with Gasteiger partial charge in [-0.15, -0.1) is 0 Å². The Balaban J connectivity index is 2.00. The first-order valence-corrected chi connectivity index (χ1v) is 6.72. The number of furan rings is 1. The zero-order valence-electron chi connectivity index (χ0n) is 10.1. The van der Waals surface area contributed by atoms with Crippen LogP contribution in [0.3, 0.4) is 0 Å². The topological polar surface area (TPSA) is 51.6 Å². The predicted octanol–water partition coefficient (Wildman–Crippen LogP) is 2.01. The maximum atomic E-state index is 5.87. The highest BCUT2D eigenvalue weighted by molar-refractivity contribution is 9.10. The molecule has 17 heavy (non-hydrogen) atoms. The average Bonchev–Trinajstić information content (AvgIpc) is 2.91. The molecule has 0 aliphatic carbocycles. The molecule has 2 heterocycles. The third kappa shape index (κ3) is 3.10. The van der Waals surface area contributed by atoms with E-state index in [-0.39, 0.29) is 6.04 Å². The van der Waals surface area contributed by atoms with E-state index in [9.17, 15) is 0 Å². The number of methoxy groups -OCH3 is 1. The summed E-state index contributed by atoms with van der Waals surface area (Å²) < 4.78 is 11.6. The molecule has 1 aromatic heterocycles. The minimum atomic E-state index is 0.183. The van der Waals surface area contributed by atoms with E-state index in [1.165, 1.54) is 6.42 Å². The summed E-state index contributed by atoms with van der Waals surface area (Å²) in [5, 5.41) is 0. The SMILES string of the molecule is COCC1CCN(C(CN)c2ccc(Br)o2)C1. The van der Waals surface area contributed by atoms with E-state index in [4.69, 9.17) is 14.9 Å². The van der Waals surface area contributed by atoms with Gasteiger partial charge in [0, 0.05) is 20.2 Å². The zero-order chi connectivity index (χ0) is 12.3. The van der Waals surface area contributed by atoms with Crippen LogP contribution in [0, 0.1) is 5.92 Å². The Morgan fingerprint density at radius 2 is 2.47 bits per heavy atom. The molecule has 2 unspecified atom stereocenters. The van der Waals surface area contributed by atoms with Gasteiger partial charge in [-0.2, -0.15) is 0 Å². The van der Waals surface area contributed by atoms with Gasteiger partial charge in [-0.1, -0.05) is 0 Å². The van der Waals surface area contributed by atoms with Crippen LogP contribution in [0.15, 0.2) is 21.2 Å². The van der Waals surface area contributed by atoms with E-state index in [1.54, 1.807) is 7.11 Å². The molecule has 1 aromatic rings. The number of nitrogens with zero attached hydrogens (tertiary/aromatic N) is 1. The van der Waals surface area contributed by atoms with Crippen molar-refractivity contribution in [1.82, 2.24) is 4.90 Å². The Morgan fingerprint density at radius 1 is 1.65 bits per heavy atom. The maximum Gasteiger partial charge on any atom is 0.169 e. The third-order valence-corrected chi connectivity index (χ3v) is 3.73. The van der Waals surface area contributed by atoms with Crippen molar-refractivity contribution in [3.05, 3.63) is 22.6 Å². The monoisotopic (exact) mass is 302 g/mol. The Morgan fingerprint density at radius 3 is 3.06 bits per heavy atom. The summed E-state index contributed by atoms with van der Waals surface area (Å²) >= 11 is 3.33. The summed E-state index contributed by atoms with van der Waals surface area (Å²) in [5.74, 6) is 1.56. The van der Waals surface area contributed by atoms with Crippen LogP contribution in [0.5, 0.6) is 0 Å². The minimum Gasteiger partial charge on any atom is -0.453 e. The van der Waals surface area contributed by atoms with Crippen LogP contribution in [0.1, 0.15) is 18.2 Å². The van der Waals surface area contributed by atoms with Gasteiger partial charge in [0.15, 0.2) is 4.67 Å². The Labute approximate surface area is 110 Å². The molecule has 1 aliphatic rings. The normalized spacial score (nSPS) is 23.1. The van der Waals surface area contributed by atoms with Gasteiger partial charge in [-0.3, -0.25) is 4.90 Å². The molecule has 0 amide bonds. The quantitative estimate of drug-likeness (QED) is 0.904. The van der Waals surface area contributed by atoms with Gasteiger partial charge in [-0.25, -0.2) is 0 Å². The van der Waals surface area contributed by atoms with Crippen molar-refractivity contribution in [2.75, 3.05) is 33.4 Å². The zero-order valence-corrected chi connectivity index (χ0v) is 11.6. The fourth-order valence-electron chi connectivity index (χ4n) is 2.47. The molecule has 1 saturated heterocycles. The second kappa shape index (κ2) is 6.00. The van der Waals surface area contributed by atoms with Gasteiger partial charge in [0.2, 0.25) is 0 Å². The number of halogens is 1. The van der Waals surface area contributed by atoms with Gasteiger partial charge in [0.25, 0.3) is 0 Å². The molecule has 0 radical (unpaired) electrons. The van der Waals surface area contributed by atoms with Crippen LogP contribution in [-0.4, -0.2) is 38.3 Å². The summed E-state index contributed by atoms with van der Waals surface area (Å²) in [5.41, 5.74) is 5.87. The summed E-state index contributed by atoms with van der Waals surface area (Å²) in [6.07, 6.45) is 1.17. The largest absolute Gasteiger partial charge is 0.453 e. The Hall–Kier alpha value is -0.360. The summed E-state index contributed by atoms with van der Waals surface area (Å²) in [6, 6.07) is 4.09. The lowest BCUT2D eigenvalue weighted by Gasteiger charge is -2.24. The van der Waals surface area contributed by atoms with Gasteiger partial charge < -0.3 is 14.9 Å². The Bertz CT molecular complexity index is 356. The first-order chi connectivity index (χ1) is 8.24. The van der Waals surface area contributed by atoms with E-state index < -0.39 is 0 Å². The highest BCUT2D eigenvalue weighted by Crippen LogP contribution is 2.29. The third-order valence-electron chi connectivity index (χ3n) is 3.31. The second-order valence-corrected chi connectivity index (χ2v) is 5.28. The number of likely N-dealkylation sites (tertiary alicyclic amines) is 1. The standard InChI is InChI=1S/C12H19BrN2O2/c1-16-8-9-4-5-15(7-9)10(6-14)11-2-3-12(13)17-11/h2-3,9-10H,4-8,14H2,1H3. The van der Waals surface area contributed by atoms with Gasteiger partial charge in [-0.05, 0) is 46.9 Å². The van der Waals surface area contributed by atoms with E-state index in [0.717, 1.165) is 30.1 Å². The van der Waals surface area contributed by atoms with Crippen molar-refractivity contribution in [3.8, 4) is 0 Å². The molecule has 2 N–H and O–H groups in total. The number of hydrogen-bond acceptors (Lipinski definition) is 4. The van der Waals surface area contributed by atoms with Gasteiger partial charge >= 0.3 is 0 Å². The predicted molar refractivity (Wildman–Crippen MR) is 69.8 cm³/mol. The van der Waals surface area contributed by atoms with Crippen LogP contribution in [0.2, 0.25) is 0 Å². The molecule has 0 saturated carbocycles. The molecule has 1 fully saturated rings. The molecule has 2 rings (SSSR count). The van der Waals surface area contributed by atoms with Gasteiger partial charge in [0.05, 0.1) is 12.6 Å². The lowest BCUT2D eigenvalue weighted by Crippen LogP contribution is -2.32. The summed E-state index contributed by atoms with van der Waals surface area (Å²) in [7, 11) is 1.76. The molecule has 0 bridgehead atoms. The molecular formula is C12H19BrN2O2. The molecule has 2 atom stereocenters. The minimum absolute atomic E-state index is 0.183. The molecule has 0 spiro atoms. The highest BCUT2D eigenvalue weighted by Gasteiger charge is 2.29.